The van der Waals surface area contributed by atoms with Crippen LogP contribution in [0, 0.1) is 17.8 Å². The number of aliphatic hydroxyl groups is 1. The number of hydrogen-bond donors (Lipinski definition) is 1. The summed E-state index contributed by atoms with van der Waals surface area (Å²) < 4.78 is 4.85. The Kier molecular flexibility index (Phi) is 10.9. The highest BCUT2D eigenvalue weighted by atomic mass is 35.5. The number of anilines is 2. The zero-order chi connectivity index (χ0) is 33.0. The summed E-state index contributed by atoms with van der Waals surface area (Å²) in [7, 11) is 0. The topological polar surface area (TPSA) is 90.4 Å². The summed E-state index contributed by atoms with van der Waals surface area (Å²) in [5, 5.41) is 9.85. The Bertz CT molecular complexity index is 1440. The predicted octanol–water partition coefficient (Wildman–Crippen LogP) is 5.98. The summed E-state index contributed by atoms with van der Waals surface area (Å²) in [5.74, 6) is -0.911. The maximum atomic E-state index is 14.8. The van der Waals surface area contributed by atoms with Crippen LogP contribution in [-0.2, 0) is 14.4 Å². The van der Waals surface area contributed by atoms with Crippen molar-refractivity contribution in [1.29, 1.82) is 0 Å². The molecule has 0 radical (unpaired) electrons. The van der Waals surface area contributed by atoms with Crippen LogP contribution in [0.15, 0.2) is 73.8 Å². The number of halogens is 1. The van der Waals surface area contributed by atoms with Gasteiger partial charge in [-0.1, -0.05) is 30.7 Å². The van der Waals surface area contributed by atoms with E-state index in [1.807, 2.05) is 31.2 Å². The first-order valence-corrected chi connectivity index (χ1v) is 17.4. The number of carbonyl (C=O) groups is 3. The number of benzene rings is 2. The molecule has 46 heavy (non-hydrogen) atoms. The lowest BCUT2D eigenvalue weighted by Gasteiger charge is -2.41. The summed E-state index contributed by atoms with van der Waals surface area (Å²) in [6.07, 6.45) is 6.11. The van der Waals surface area contributed by atoms with Crippen LogP contribution < -0.4 is 14.5 Å². The van der Waals surface area contributed by atoms with E-state index >= 15 is 0 Å². The van der Waals surface area contributed by atoms with Gasteiger partial charge in [-0.15, -0.1) is 24.9 Å². The van der Waals surface area contributed by atoms with Gasteiger partial charge in [0.2, 0.25) is 11.8 Å². The van der Waals surface area contributed by atoms with Crippen LogP contribution in [0.1, 0.15) is 39.5 Å². The second-order valence-corrected chi connectivity index (χ2v) is 14.2. The van der Waals surface area contributed by atoms with E-state index in [-0.39, 0.29) is 42.0 Å². The molecule has 10 heteroatoms. The molecule has 0 aromatic heterocycles. The first-order chi connectivity index (χ1) is 22.2. The molecule has 1 N–H and O–H groups in total. The molecule has 3 heterocycles. The molecule has 246 valence electrons. The molecule has 2 bridgehead atoms. The first kappa shape index (κ1) is 34.1. The van der Waals surface area contributed by atoms with Crippen LogP contribution in [0.2, 0.25) is 5.02 Å². The molecule has 1 spiro atoms. The monoisotopic (exact) mass is 665 g/mol. The standard InChI is InChI=1S/C36H44ClN3O5S/c1-5-19-38(27-15-17-28(18-16-27)45-7-3)33(42)30-29-23-24(4)36(46-29)31(30)34(43)40(21-9-8-10-22-41)32(36)35(44)39(20-6-2)26-13-11-25(37)12-14-26/h5-6,11-18,24,29-32,41H,1-2,7-10,19-23H2,3-4H3/t24?,29-,30+,31+,32?,36?/m1/s1. The molecule has 6 atom stereocenters. The van der Waals surface area contributed by atoms with Crippen molar-refractivity contribution in [3.63, 3.8) is 0 Å². The Hall–Kier alpha value is -3.27. The number of fused-ring (bicyclic) bond motifs is 1. The number of aliphatic hydroxyl groups excluding tert-OH is 1. The number of carbonyl (C=O) groups excluding carboxylic acids is 3. The highest BCUT2D eigenvalue weighted by Gasteiger charge is 2.76. The molecule has 3 fully saturated rings. The quantitative estimate of drug-likeness (QED) is 0.186. The SMILES string of the molecule is C=CCN(C(=O)C1N(CCCCCO)C(=O)[C@@H]2[C@@H](C(=O)N(CC=C)c3ccc(OCC)cc3)[C@H]3CC(C)C12S3)c1ccc(Cl)cc1. The number of thioether (sulfide) groups is 1. The Balaban J connectivity index is 1.54. The van der Waals surface area contributed by atoms with Crippen molar-refractivity contribution in [1.82, 2.24) is 4.90 Å². The lowest BCUT2D eigenvalue weighted by Crippen LogP contribution is -2.57. The molecule has 0 aliphatic carbocycles. The van der Waals surface area contributed by atoms with E-state index in [2.05, 4.69) is 20.1 Å². The molecule has 8 nitrogen and oxygen atoms in total. The van der Waals surface area contributed by atoms with Crippen molar-refractivity contribution in [3.8, 4) is 5.75 Å². The smallest absolute Gasteiger partial charge is 0.251 e. The maximum absolute atomic E-state index is 14.8. The van der Waals surface area contributed by atoms with E-state index in [4.69, 9.17) is 16.3 Å². The summed E-state index contributed by atoms with van der Waals surface area (Å²) >= 11 is 7.85. The van der Waals surface area contributed by atoms with Gasteiger partial charge >= 0.3 is 0 Å². The summed E-state index contributed by atoms with van der Waals surface area (Å²) in [6.45, 7) is 13.4. The number of ether oxygens (including phenoxy) is 1. The van der Waals surface area contributed by atoms with E-state index < -0.39 is 22.6 Å². The van der Waals surface area contributed by atoms with Crippen molar-refractivity contribution in [2.24, 2.45) is 17.8 Å². The molecular formula is C36H44ClN3O5S. The fourth-order valence-corrected chi connectivity index (χ4v) is 10.2. The third kappa shape index (κ3) is 6.09. The minimum atomic E-state index is -0.763. The average molecular weight is 666 g/mol. The number of hydrogen-bond acceptors (Lipinski definition) is 6. The van der Waals surface area contributed by atoms with Crippen LogP contribution in [0.5, 0.6) is 5.75 Å². The molecule has 3 saturated heterocycles. The molecule has 2 aromatic carbocycles. The predicted molar refractivity (Wildman–Crippen MR) is 185 cm³/mol. The van der Waals surface area contributed by atoms with E-state index in [1.54, 1.807) is 62.9 Å². The molecule has 5 rings (SSSR count). The minimum Gasteiger partial charge on any atom is -0.494 e. The zero-order valence-electron chi connectivity index (χ0n) is 26.6. The van der Waals surface area contributed by atoms with E-state index in [0.717, 1.165) is 18.6 Å². The van der Waals surface area contributed by atoms with Crippen LogP contribution >= 0.6 is 23.4 Å². The summed E-state index contributed by atoms with van der Waals surface area (Å²) in [4.78, 5) is 49.2. The number of unbranched alkanes of at least 4 members (excludes halogenated alkanes) is 2. The number of nitrogens with zero attached hydrogens (tertiary/aromatic N) is 3. The van der Waals surface area contributed by atoms with Crippen molar-refractivity contribution in [2.75, 3.05) is 42.6 Å². The van der Waals surface area contributed by atoms with Gasteiger partial charge in [-0.05, 0) is 87.1 Å². The van der Waals surface area contributed by atoms with Crippen LogP contribution in [0.25, 0.3) is 0 Å². The minimum absolute atomic E-state index is 0.0334. The van der Waals surface area contributed by atoms with Gasteiger partial charge in [-0.3, -0.25) is 14.4 Å². The van der Waals surface area contributed by atoms with Gasteiger partial charge in [0.1, 0.15) is 11.8 Å². The fourth-order valence-electron chi connectivity index (χ4n) is 7.63. The van der Waals surface area contributed by atoms with Crippen molar-refractivity contribution < 1.29 is 24.2 Å². The van der Waals surface area contributed by atoms with Crippen molar-refractivity contribution >= 4 is 52.5 Å². The number of amides is 3. The summed E-state index contributed by atoms with van der Waals surface area (Å²) in [6, 6.07) is 13.8. The highest BCUT2D eigenvalue weighted by Crippen LogP contribution is 2.69. The van der Waals surface area contributed by atoms with Crippen molar-refractivity contribution in [2.45, 2.75) is 55.6 Å². The Morgan fingerprint density at radius 2 is 1.63 bits per heavy atom. The van der Waals surface area contributed by atoms with Gasteiger partial charge in [-0.2, -0.15) is 0 Å². The Labute approximate surface area is 281 Å². The van der Waals surface area contributed by atoms with Gasteiger partial charge in [0, 0.05) is 47.9 Å². The largest absolute Gasteiger partial charge is 0.494 e. The normalized spacial score (nSPS) is 26.1. The molecule has 3 amide bonds. The van der Waals surface area contributed by atoms with E-state index in [9.17, 15) is 19.5 Å². The third-order valence-electron chi connectivity index (χ3n) is 9.57. The highest BCUT2D eigenvalue weighted by molar-refractivity contribution is 8.02. The van der Waals surface area contributed by atoms with E-state index in [1.165, 1.54) is 0 Å². The molecule has 3 aliphatic heterocycles. The van der Waals surface area contributed by atoms with Gasteiger partial charge in [0.25, 0.3) is 5.91 Å². The average Bonchev–Trinajstić information content (AvgIpc) is 3.64. The summed E-state index contributed by atoms with van der Waals surface area (Å²) in [5.41, 5.74) is 1.38. The zero-order valence-corrected chi connectivity index (χ0v) is 28.2. The van der Waals surface area contributed by atoms with E-state index in [0.29, 0.717) is 48.9 Å². The first-order valence-electron chi connectivity index (χ1n) is 16.2. The molecule has 2 aromatic rings. The van der Waals surface area contributed by atoms with Gasteiger partial charge in [-0.25, -0.2) is 0 Å². The lowest BCUT2D eigenvalue weighted by molar-refractivity contribution is -0.139. The molecular weight excluding hydrogens is 622 g/mol. The fraction of sp³-hybridized carbons (Fsp3) is 0.472. The van der Waals surface area contributed by atoms with Crippen LogP contribution in [-0.4, -0.2) is 76.6 Å². The van der Waals surface area contributed by atoms with Gasteiger partial charge in [0.15, 0.2) is 0 Å². The Morgan fingerprint density at radius 1 is 1.02 bits per heavy atom. The molecule has 3 unspecified atom stereocenters. The Morgan fingerprint density at radius 3 is 2.22 bits per heavy atom. The van der Waals surface area contributed by atoms with Crippen LogP contribution in [0.4, 0.5) is 11.4 Å². The second-order valence-electron chi connectivity index (χ2n) is 12.2. The molecule has 3 aliphatic rings. The van der Waals surface area contributed by atoms with Gasteiger partial charge in [0.05, 0.1) is 23.2 Å². The molecule has 0 saturated carbocycles. The van der Waals surface area contributed by atoms with Crippen molar-refractivity contribution in [3.05, 3.63) is 78.9 Å². The maximum Gasteiger partial charge on any atom is 0.251 e. The third-order valence-corrected chi connectivity index (χ3v) is 11.9. The lowest BCUT2D eigenvalue weighted by atomic mass is 9.65. The van der Waals surface area contributed by atoms with Gasteiger partial charge < -0.3 is 24.5 Å². The second kappa shape index (κ2) is 14.7. The van der Waals surface area contributed by atoms with Crippen LogP contribution in [0.3, 0.4) is 0 Å². The number of likely N-dealkylation sites (tertiary alicyclic amines) is 1. The number of rotatable bonds is 15.